The summed E-state index contributed by atoms with van der Waals surface area (Å²) in [5.74, 6) is 1.48. The van der Waals surface area contributed by atoms with E-state index in [0.29, 0.717) is 21.8 Å². The lowest BCUT2D eigenvalue weighted by molar-refractivity contribution is 0.641. The second kappa shape index (κ2) is 6.01. The van der Waals surface area contributed by atoms with Gasteiger partial charge in [0.15, 0.2) is 17.2 Å². The number of nitrogens with zero attached hydrogens (tertiary/aromatic N) is 8. The van der Waals surface area contributed by atoms with Gasteiger partial charge in [0.2, 0.25) is 0 Å². The number of H-pyrrole nitrogens is 1. The molecule has 1 aliphatic heterocycles. The summed E-state index contributed by atoms with van der Waals surface area (Å²) in [5, 5.41) is 17.1. The van der Waals surface area contributed by atoms with Crippen LogP contribution in [-0.4, -0.2) is 56.3 Å². The largest absolute Gasteiger partial charge is 0.352 e. The number of aromatic amines is 1. The van der Waals surface area contributed by atoms with E-state index >= 15 is 0 Å². The van der Waals surface area contributed by atoms with Gasteiger partial charge in [-0.3, -0.25) is 5.10 Å². The number of aromatic nitrogens is 6. The van der Waals surface area contributed by atoms with Gasteiger partial charge in [-0.15, -0.1) is 0 Å². The standard InChI is InChI=1S/C14H12BrN9/c15-11-10-12(22-21-11)19-8-20-14(10)24-5-3-23(4-6-24)13-9(7-16)17-1-2-18-13/h1-2,8H,3-6H2,(H,19,20,21,22). The summed E-state index contributed by atoms with van der Waals surface area (Å²) in [6.45, 7) is 2.97. The molecule has 3 aromatic rings. The van der Waals surface area contributed by atoms with Gasteiger partial charge in [0, 0.05) is 38.6 Å². The maximum Gasteiger partial charge on any atom is 0.183 e. The average Bonchev–Trinajstić information content (AvgIpc) is 3.03. The monoisotopic (exact) mass is 385 g/mol. The SMILES string of the molecule is N#Cc1nccnc1N1CCN(c2ncnc3[nH]nc(Br)c23)CC1. The van der Waals surface area contributed by atoms with Crippen molar-refractivity contribution in [1.82, 2.24) is 30.1 Å². The first kappa shape index (κ1) is 14.8. The molecule has 0 saturated carbocycles. The van der Waals surface area contributed by atoms with Crippen molar-refractivity contribution in [3.63, 3.8) is 0 Å². The van der Waals surface area contributed by atoms with Crippen LogP contribution in [-0.2, 0) is 0 Å². The van der Waals surface area contributed by atoms with E-state index in [1.165, 1.54) is 12.5 Å². The molecule has 3 aromatic heterocycles. The Balaban J connectivity index is 1.58. The second-order valence-electron chi connectivity index (χ2n) is 5.25. The zero-order valence-electron chi connectivity index (χ0n) is 12.5. The summed E-state index contributed by atoms with van der Waals surface area (Å²) in [5.41, 5.74) is 1.06. The number of piperazine rings is 1. The topological polar surface area (TPSA) is 111 Å². The van der Waals surface area contributed by atoms with E-state index in [9.17, 15) is 5.26 Å². The van der Waals surface area contributed by atoms with Crippen molar-refractivity contribution in [2.45, 2.75) is 0 Å². The van der Waals surface area contributed by atoms with Crippen molar-refractivity contribution in [3.8, 4) is 6.07 Å². The van der Waals surface area contributed by atoms with Crippen LogP contribution in [0, 0.1) is 11.3 Å². The molecule has 1 aliphatic rings. The molecule has 120 valence electrons. The highest BCUT2D eigenvalue weighted by atomic mass is 79.9. The molecule has 4 heterocycles. The van der Waals surface area contributed by atoms with E-state index in [4.69, 9.17) is 0 Å². The Bertz CT molecular complexity index is 923. The van der Waals surface area contributed by atoms with Crippen LogP contribution < -0.4 is 9.80 Å². The summed E-state index contributed by atoms with van der Waals surface area (Å²) in [7, 11) is 0. The molecular weight excluding hydrogens is 374 g/mol. The first-order chi connectivity index (χ1) is 11.8. The van der Waals surface area contributed by atoms with Crippen LogP contribution in [0.15, 0.2) is 23.3 Å². The van der Waals surface area contributed by atoms with Gasteiger partial charge in [-0.2, -0.15) is 10.4 Å². The van der Waals surface area contributed by atoms with Crippen LogP contribution in [0.2, 0.25) is 0 Å². The first-order valence-electron chi connectivity index (χ1n) is 7.33. The van der Waals surface area contributed by atoms with Crippen LogP contribution in [0.5, 0.6) is 0 Å². The van der Waals surface area contributed by atoms with Gasteiger partial charge < -0.3 is 9.80 Å². The Morgan fingerprint density at radius 1 is 1.00 bits per heavy atom. The van der Waals surface area contributed by atoms with Gasteiger partial charge >= 0.3 is 0 Å². The van der Waals surface area contributed by atoms with Crippen LogP contribution >= 0.6 is 15.9 Å². The van der Waals surface area contributed by atoms with E-state index in [1.807, 2.05) is 0 Å². The zero-order chi connectivity index (χ0) is 16.5. The number of rotatable bonds is 2. The Morgan fingerprint density at radius 3 is 2.46 bits per heavy atom. The van der Waals surface area contributed by atoms with E-state index in [2.05, 4.69) is 61.9 Å². The summed E-state index contributed by atoms with van der Waals surface area (Å²) in [6.07, 6.45) is 4.68. The molecule has 0 unspecified atom stereocenters. The molecule has 0 aromatic carbocycles. The molecule has 0 radical (unpaired) electrons. The maximum absolute atomic E-state index is 9.18. The quantitative estimate of drug-likeness (QED) is 0.697. The average molecular weight is 386 g/mol. The smallest absolute Gasteiger partial charge is 0.183 e. The van der Waals surface area contributed by atoms with Gasteiger partial charge in [-0.25, -0.2) is 19.9 Å². The predicted octanol–water partition coefficient (Wildman–Crippen LogP) is 1.10. The highest BCUT2D eigenvalue weighted by Crippen LogP contribution is 2.29. The lowest BCUT2D eigenvalue weighted by Gasteiger charge is -2.36. The number of nitrogens with one attached hydrogen (secondary N) is 1. The normalized spacial score (nSPS) is 14.8. The Kier molecular flexibility index (Phi) is 3.70. The minimum atomic E-state index is 0.355. The lowest BCUT2D eigenvalue weighted by atomic mass is 10.2. The Hall–Kier alpha value is -2.80. The molecule has 1 saturated heterocycles. The van der Waals surface area contributed by atoms with Gasteiger partial charge in [-0.05, 0) is 15.9 Å². The summed E-state index contributed by atoms with van der Waals surface area (Å²) in [4.78, 5) is 21.2. The zero-order valence-corrected chi connectivity index (χ0v) is 14.1. The number of fused-ring (bicyclic) bond motifs is 1. The van der Waals surface area contributed by atoms with Crippen LogP contribution in [0.1, 0.15) is 5.69 Å². The van der Waals surface area contributed by atoms with Crippen molar-refractivity contribution < 1.29 is 0 Å². The number of hydrogen-bond donors (Lipinski definition) is 1. The molecule has 4 rings (SSSR count). The molecule has 24 heavy (non-hydrogen) atoms. The third-order valence-corrected chi connectivity index (χ3v) is 4.53. The fourth-order valence-electron chi connectivity index (χ4n) is 2.82. The van der Waals surface area contributed by atoms with Gasteiger partial charge in [0.1, 0.15) is 22.8 Å². The van der Waals surface area contributed by atoms with Crippen molar-refractivity contribution in [2.24, 2.45) is 0 Å². The minimum absolute atomic E-state index is 0.355. The molecule has 10 heteroatoms. The number of halogens is 1. The summed E-state index contributed by atoms with van der Waals surface area (Å²) in [6, 6.07) is 2.10. The van der Waals surface area contributed by atoms with Crippen LogP contribution in [0.4, 0.5) is 11.6 Å². The molecule has 0 bridgehead atoms. The first-order valence-corrected chi connectivity index (χ1v) is 8.13. The number of anilines is 2. The van der Waals surface area contributed by atoms with Gasteiger partial charge in [-0.1, -0.05) is 0 Å². The molecule has 0 spiro atoms. The highest BCUT2D eigenvalue weighted by molar-refractivity contribution is 9.10. The minimum Gasteiger partial charge on any atom is -0.352 e. The molecule has 0 atom stereocenters. The fourth-order valence-corrected chi connectivity index (χ4v) is 3.27. The van der Waals surface area contributed by atoms with Crippen molar-refractivity contribution in [3.05, 3.63) is 29.0 Å². The summed E-state index contributed by atoms with van der Waals surface area (Å²) < 4.78 is 0.705. The molecule has 1 fully saturated rings. The van der Waals surface area contributed by atoms with Crippen molar-refractivity contribution in [2.75, 3.05) is 36.0 Å². The van der Waals surface area contributed by atoms with Gasteiger partial charge in [0.05, 0.1) is 5.39 Å². The molecular formula is C14H12BrN9. The van der Waals surface area contributed by atoms with Gasteiger partial charge in [0.25, 0.3) is 0 Å². The molecule has 0 amide bonds. The van der Waals surface area contributed by atoms with Crippen molar-refractivity contribution in [1.29, 1.82) is 5.26 Å². The third-order valence-electron chi connectivity index (χ3n) is 3.96. The fraction of sp³-hybridized carbons (Fsp3) is 0.286. The highest BCUT2D eigenvalue weighted by Gasteiger charge is 2.24. The van der Waals surface area contributed by atoms with E-state index in [1.54, 1.807) is 6.20 Å². The van der Waals surface area contributed by atoms with E-state index < -0.39 is 0 Å². The maximum atomic E-state index is 9.18. The molecule has 0 aliphatic carbocycles. The Morgan fingerprint density at radius 2 is 1.71 bits per heavy atom. The van der Waals surface area contributed by atoms with E-state index in [-0.39, 0.29) is 0 Å². The summed E-state index contributed by atoms with van der Waals surface area (Å²) >= 11 is 3.44. The second-order valence-corrected chi connectivity index (χ2v) is 6.00. The van der Waals surface area contributed by atoms with Crippen molar-refractivity contribution >= 4 is 38.6 Å². The Labute approximate surface area is 145 Å². The van der Waals surface area contributed by atoms with Crippen LogP contribution in [0.25, 0.3) is 11.0 Å². The predicted molar refractivity (Wildman–Crippen MR) is 90.6 cm³/mol. The number of hydrogen-bond acceptors (Lipinski definition) is 8. The molecule has 1 N–H and O–H groups in total. The molecule has 9 nitrogen and oxygen atoms in total. The van der Waals surface area contributed by atoms with E-state index in [0.717, 1.165) is 37.4 Å². The van der Waals surface area contributed by atoms with Crippen LogP contribution in [0.3, 0.4) is 0 Å². The third kappa shape index (κ3) is 2.43. The number of nitriles is 1. The lowest BCUT2D eigenvalue weighted by Crippen LogP contribution is -2.47.